The molecule has 0 unspecified atom stereocenters. The molecule has 1 aromatic rings. The number of aliphatic hydroxyl groups excluding tert-OH is 1. The van der Waals surface area contributed by atoms with Crippen molar-refractivity contribution in [2.24, 2.45) is 5.73 Å². The highest BCUT2D eigenvalue weighted by Gasteiger charge is 2.27. The van der Waals surface area contributed by atoms with Gasteiger partial charge in [-0.05, 0) is 17.2 Å². The van der Waals surface area contributed by atoms with Gasteiger partial charge in [-0.1, -0.05) is 28.1 Å². The molecule has 1 aliphatic heterocycles. The largest absolute Gasteiger partial charge is 0.394 e. The van der Waals surface area contributed by atoms with Gasteiger partial charge in [0.15, 0.2) is 0 Å². The number of hydrogen-bond donors (Lipinski definition) is 2. The van der Waals surface area contributed by atoms with Gasteiger partial charge in [-0.2, -0.15) is 0 Å². The van der Waals surface area contributed by atoms with Crippen LogP contribution < -0.4 is 5.73 Å². The molecule has 0 aliphatic carbocycles. The van der Waals surface area contributed by atoms with Crippen LogP contribution in [0.4, 0.5) is 0 Å². The summed E-state index contributed by atoms with van der Waals surface area (Å²) in [7, 11) is 0. The second-order valence-corrected chi connectivity index (χ2v) is 4.72. The zero-order valence-corrected chi connectivity index (χ0v) is 10.3. The normalized spacial score (nSPS) is 16.1. The Balaban J connectivity index is 2.17. The van der Waals surface area contributed by atoms with Crippen LogP contribution in [0.15, 0.2) is 22.7 Å². The number of fused-ring (bicyclic) bond motifs is 1. The van der Waals surface area contributed by atoms with Crippen LogP contribution in [-0.4, -0.2) is 28.6 Å². The Morgan fingerprint density at radius 2 is 2.31 bits per heavy atom. The fourth-order valence-electron chi connectivity index (χ4n) is 1.85. The van der Waals surface area contributed by atoms with E-state index in [0.29, 0.717) is 13.1 Å². The molecule has 0 bridgehead atoms. The van der Waals surface area contributed by atoms with Crippen LogP contribution in [0.25, 0.3) is 0 Å². The van der Waals surface area contributed by atoms with E-state index in [2.05, 4.69) is 15.9 Å². The number of amides is 1. The van der Waals surface area contributed by atoms with Crippen molar-refractivity contribution in [3.63, 3.8) is 0 Å². The summed E-state index contributed by atoms with van der Waals surface area (Å²) in [6.45, 7) is 0.817. The maximum atomic E-state index is 11.8. The van der Waals surface area contributed by atoms with Gasteiger partial charge in [0.1, 0.15) is 6.04 Å². The number of carbonyl (C=O) groups is 1. The molecule has 0 radical (unpaired) electrons. The maximum Gasteiger partial charge on any atom is 0.242 e. The Labute approximate surface area is 102 Å². The van der Waals surface area contributed by atoms with Crippen molar-refractivity contribution in [2.75, 3.05) is 6.61 Å². The van der Waals surface area contributed by atoms with Crippen molar-refractivity contribution in [1.82, 2.24) is 4.90 Å². The van der Waals surface area contributed by atoms with Crippen molar-refractivity contribution in [3.05, 3.63) is 33.8 Å². The molecule has 5 heteroatoms. The first-order valence-corrected chi connectivity index (χ1v) is 5.84. The van der Waals surface area contributed by atoms with Crippen LogP contribution in [0.3, 0.4) is 0 Å². The molecule has 0 saturated carbocycles. The van der Waals surface area contributed by atoms with E-state index in [9.17, 15) is 4.79 Å². The zero-order chi connectivity index (χ0) is 11.7. The van der Waals surface area contributed by atoms with Crippen molar-refractivity contribution in [1.29, 1.82) is 0 Å². The number of carbonyl (C=O) groups excluding carboxylic acids is 1. The highest BCUT2D eigenvalue weighted by atomic mass is 79.9. The standard InChI is InChI=1S/C11H13BrN2O2/c12-9-3-1-2-7-4-14(5-8(7)9)11(16)10(13)6-15/h1-3,10,15H,4-6,13H2/t10-/m1/s1. The number of halogens is 1. The second-order valence-electron chi connectivity index (χ2n) is 3.86. The van der Waals surface area contributed by atoms with Gasteiger partial charge in [-0.3, -0.25) is 4.79 Å². The van der Waals surface area contributed by atoms with Gasteiger partial charge in [-0.15, -0.1) is 0 Å². The Morgan fingerprint density at radius 3 is 2.94 bits per heavy atom. The fourth-order valence-corrected chi connectivity index (χ4v) is 2.38. The van der Waals surface area contributed by atoms with Crippen LogP contribution in [0, 0.1) is 0 Å². The lowest BCUT2D eigenvalue weighted by molar-refractivity contribution is -0.134. The third-order valence-corrected chi connectivity index (χ3v) is 3.49. The highest BCUT2D eigenvalue weighted by molar-refractivity contribution is 9.10. The quantitative estimate of drug-likeness (QED) is 0.836. The van der Waals surface area contributed by atoms with Crippen molar-refractivity contribution in [2.45, 2.75) is 19.1 Å². The van der Waals surface area contributed by atoms with E-state index in [1.807, 2.05) is 18.2 Å². The summed E-state index contributed by atoms with van der Waals surface area (Å²) in [5.74, 6) is -0.203. The zero-order valence-electron chi connectivity index (χ0n) is 8.69. The molecule has 1 atom stereocenters. The van der Waals surface area contributed by atoms with Gasteiger partial charge in [-0.25, -0.2) is 0 Å². The van der Waals surface area contributed by atoms with Gasteiger partial charge < -0.3 is 15.7 Å². The molecule has 16 heavy (non-hydrogen) atoms. The average Bonchev–Trinajstić information content (AvgIpc) is 2.72. The molecule has 1 heterocycles. The molecule has 4 nitrogen and oxygen atoms in total. The molecular formula is C11H13BrN2O2. The van der Waals surface area contributed by atoms with Gasteiger partial charge in [0.25, 0.3) is 0 Å². The third kappa shape index (κ3) is 1.98. The predicted octanol–water partition coefficient (Wildman–Crippen LogP) is 0.611. The molecule has 0 fully saturated rings. The summed E-state index contributed by atoms with van der Waals surface area (Å²) in [4.78, 5) is 13.4. The molecule has 0 saturated heterocycles. The summed E-state index contributed by atoms with van der Waals surface area (Å²) in [5.41, 5.74) is 7.77. The lowest BCUT2D eigenvalue weighted by Gasteiger charge is -2.18. The summed E-state index contributed by atoms with van der Waals surface area (Å²) in [6, 6.07) is 5.09. The monoisotopic (exact) mass is 284 g/mol. The minimum Gasteiger partial charge on any atom is -0.394 e. The van der Waals surface area contributed by atoms with E-state index in [4.69, 9.17) is 10.8 Å². The van der Waals surface area contributed by atoms with E-state index in [-0.39, 0.29) is 12.5 Å². The Hall–Kier alpha value is -0.910. The van der Waals surface area contributed by atoms with Crippen LogP contribution in [0.1, 0.15) is 11.1 Å². The van der Waals surface area contributed by atoms with E-state index in [1.54, 1.807) is 4.90 Å². The van der Waals surface area contributed by atoms with Crippen molar-refractivity contribution < 1.29 is 9.90 Å². The van der Waals surface area contributed by atoms with Crippen molar-refractivity contribution in [3.8, 4) is 0 Å². The van der Waals surface area contributed by atoms with Crippen molar-refractivity contribution >= 4 is 21.8 Å². The molecular weight excluding hydrogens is 272 g/mol. The Kier molecular flexibility index (Phi) is 3.28. The molecule has 1 aromatic carbocycles. The topological polar surface area (TPSA) is 66.6 Å². The summed E-state index contributed by atoms with van der Waals surface area (Å²) >= 11 is 3.46. The van der Waals surface area contributed by atoms with E-state index >= 15 is 0 Å². The number of hydrogen-bond acceptors (Lipinski definition) is 3. The smallest absolute Gasteiger partial charge is 0.242 e. The summed E-state index contributed by atoms with van der Waals surface area (Å²) in [6.07, 6.45) is 0. The number of rotatable bonds is 2. The fraction of sp³-hybridized carbons (Fsp3) is 0.364. The van der Waals surface area contributed by atoms with Gasteiger partial charge in [0.05, 0.1) is 6.61 Å². The van der Waals surface area contributed by atoms with Crippen LogP contribution in [-0.2, 0) is 17.9 Å². The predicted molar refractivity (Wildman–Crippen MR) is 63.5 cm³/mol. The van der Waals surface area contributed by atoms with E-state index in [0.717, 1.165) is 15.6 Å². The molecule has 3 N–H and O–H groups in total. The average molecular weight is 285 g/mol. The maximum absolute atomic E-state index is 11.8. The molecule has 86 valence electrons. The molecule has 0 aromatic heterocycles. The first-order valence-electron chi connectivity index (χ1n) is 5.05. The summed E-state index contributed by atoms with van der Waals surface area (Å²) < 4.78 is 1.01. The first kappa shape index (κ1) is 11.6. The first-order chi connectivity index (χ1) is 7.63. The summed E-state index contributed by atoms with van der Waals surface area (Å²) in [5, 5.41) is 8.86. The molecule has 1 amide bonds. The minimum atomic E-state index is -0.812. The van der Waals surface area contributed by atoms with Gasteiger partial charge >= 0.3 is 0 Å². The molecule has 0 spiro atoms. The third-order valence-electron chi connectivity index (χ3n) is 2.75. The van der Waals surface area contributed by atoms with Gasteiger partial charge in [0, 0.05) is 17.6 Å². The second kappa shape index (κ2) is 4.53. The van der Waals surface area contributed by atoms with Gasteiger partial charge in [0.2, 0.25) is 5.91 Å². The van der Waals surface area contributed by atoms with Crippen LogP contribution >= 0.6 is 15.9 Å². The molecule has 1 aliphatic rings. The molecule has 2 rings (SSSR count). The van der Waals surface area contributed by atoms with E-state index < -0.39 is 6.04 Å². The number of aliphatic hydroxyl groups is 1. The highest BCUT2D eigenvalue weighted by Crippen LogP contribution is 2.29. The lowest BCUT2D eigenvalue weighted by Crippen LogP contribution is -2.43. The van der Waals surface area contributed by atoms with Crippen LogP contribution in [0.5, 0.6) is 0 Å². The number of nitrogens with two attached hydrogens (primary N) is 1. The number of nitrogens with zero attached hydrogens (tertiary/aromatic N) is 1. The van der Waals surface area contributed by atoms with E-state index in [1.165, 1.54) is 0 Å². The minimum absolute atomic E-state index is 0.203. The lowest BCUT2D eigenvalue weighted by atomic mass is 10.1. The number of benzene rings is 1. The van der Waals surface area contributed by atoms with Crippen LogP contribution in [0.2, 0.25) is 0 Å². The Bertz CT molecular complexity index is 422. The Morgan fingerprint density at radius 1 is 1.56 bits per heavy atom. The SMILES string of the molecule is N[C@H](CO)C(=O)N1Cc2cccc(Br)c2C1.